The lowest BCUT2D eigenvalue weighted by atomic mass is 9.78. The summed E-state index contributed by atoms with van der Waals surface area (Å²) in [5.41, 5.74) is -30.1. The number of fused-ring (bicyclic) bond motifs is 8. The first-order chi connectivity index (χ1) is 48.3. The molecule has 632 valence electrons. The number of alkyl halides is 24. The Morgan fingerprint density at radius 2 is 0.514 bits per heavy atom. The molecule has 18 unspecified atom stereocenters. The van der Waals surface area contributed by atoms with Gasteiger partial charge in [0.25, 0.3) is 0 Å². The van der Waals surface area contributed by atoms with Gasteiger partial charge in [0.2, 0.25) is 0 Å². The van der Waals surface area contributed by atoms with Crippen LogP contribution in [0.3, 0.4) is 0 Å². The van der Waals surface area contributed by atoms with Crippen LogP contribution in [0.15, 0.2) is 0 Å². The zero-order chi connectivity index (χ0) is 83.8. The fourth-order valence-electron chi connectivity index (χ4n) is 19.0. The van der Waals surface area contributed by atoms with E-state index in [1.165, 1.54) is 0 Å². The number of ether oxygens (including phenoxy) is 8. The van der Waals surface area contributed by atoms with Crippen LogP contribution in [-0.4, -0.2) is 176 Å². The van der Waals surface area contributed by atoms with Crippen LogP contribution in [0.1, 0.15) is 173 Å². The molecule has 8 rings (SSSR count). The van der Waals surface area contributed by atoms with E-state index < -0.39 is 341 Å². The van der Waals surface area contributed by atoms with Crippen LogP contribution in [0.4, 0.5) is 125 Å². The van der Waals surface area contributed by atoms with Gasteiger partial charge in [0.15, 0.2) is 29.5 Å². The van der Waals surface area contributed by atoms with Gasteiger partial charge in [0, 0.05) is 25.7 Å². The van der Waals surface area contributed by atoms with E-state index in [9.17, 15) is 19.2 Å². The van der Waals surface area contributed by atoms with Crippen molar-refractivity contribution in [3.05, 3.63) is 0 Å². The molecule has 0 N–H and O–H groups in total. The highest BCUT2D eigenvalue weighted by Crippen LogP contribution is 2.68. The largest absolute Gasteiger partial charge is 0.510 e. The first-order valence-electron chi connectivity index (χ1n) is 34.2. The Kier molecular flexibility index (Phi) is 22.9. The fourth-order valence-corrected chi connectivity index (χ4v) is 30.1. The summed E-state index contributed by atoms with van der Waals surface area (Å²) in [6, 6.07) is 0. The van der Waals surface area contributed by atoms with Gasteiger partial charge >= 0.3 is 96.4 Å². The Balaban J connectivity index is 1.31. The zero-order valence-corrected chi connectivity index (χ0v) is 62.4. The highest BCUT2D eigenvalue weighted by atomic mass is 32.2. The molecule has 0 spiro atoms. The second-order valence-corrected chi connectivity index (χ2v) is 41.3. The molecule has 8 aliphatic rings. The quantitative estimate of drug-likeness (QED) is 0.0703. The summed E-state index contributed by atoms with van der Waals surface area (Å²) >= 11 is 0. The van der Waals surface area contributed by atoms with Gasteiger partial charge in [-0.3, -0.25) is 0 Å². The van der Waals surface area contributed by atoms with Crippen molar-refractivity contribution in [2.45, 2.75) is 299 Å². The molecule has 0 heterocycles. The molecule has 0 aromatic carbocycles. The maximum absolute atomic E-state index is 16.7. The Bertz CT molecular complexity index is 3710. The number of carbonyl (C=O) groups is 4. The Hall–Kier alpha value is -4.75. The standard InChI is InChI=1S/C64H82F24O18S3/c1-49(2,3)99-45(89)103-53(57(65,66)67,58(68,69)70)23-32-17-29-16-28(32)22-39(29)107(93,94)43-37-21-31(19-34(37)25-55(61(77,78)79,62(80,81)82)105-47(91)101-51(7,8)9)42(43)109(97,98)44-38-20-30(18-35(38)26-56(63(83,84)85,64(86,87)88)106-48(92)102-52(10,11)12)41(44)108(95,96)40-15-27-13-33(36(40)14-27)24-54(59(71,72)73,60(74,75)76)104-46(90)100-50(4,5)6/h27-44H,13-26H2,1-12H3. The van der Waals surface area contributed by atoms with E-state index in [0.717, 1.165) is 83.1 Å². The van der Waals surface area contributed by atoms with E-state index >= 15 is 131 Å². The highest BCUT2D eigenvalue weighted by Gasteiger charge is 2.82. The first-order valence-corrected chi connectivity index (χ1v) is 39.1. The second-order valence-electron chi connectivity index (χ2n) is 34.4. The van der Waals surface area contributed by atoms with Crippen LogP contribution in [0.2, 0.25) is 0 Å². The number of halogens is 24. The lowest BCUT2D eigenvalue weighted by Crippen LogP contribution is -2.63. The van der Waals surface area contributed by atoms with E-state index in [1.54, 1.807) is 0 Å². The molecule has 8 fully saturated rings. The third-order valence-corrected chi connectivity index (χ3v) is 31.5. The minimum atomic E-state index is -6.84. The van der Waals surface area contributed by atoms with Crippen LogP contribution in [0.25, 0.3) is 0 Å². The third-order valence-electron chi connectivity index (χ3n) is 22.6. The maximum Gasteiger partial charge on any atom is 0.510 e. The molecule has 8 bridgehead atoms. The van der Waals surface area contributed by atoms with E-state index in [-0.39, 0.29) is 0 Å². The van der Waals surface area contributed by atoms with Crippen molar-refractivity contribution in [1.29, 1.82) is 0 Å². The number of hydrogen-bond acceptors (Lipinski definition) is 18. The van der Waals surface area contributed by atoms with Crippen molar-refractivity contribution in [1.82, 2.24) is 0 Å². The van der Waals surface area contributed by atoms with Crippen molar-refractivity contribution in [2.24, 2.45) is 71.0 Å². The summed E-state index contributed by atoms with van der Waals surface area (Å²) in [6.07, 6.45) is -84.3. The molecule has 8 aliphatic carbocycles. The minimum Gasteiger partial charge on any atom is -0.429 e. The Morgan fingerprint density at radius 3 is 0.780 bits per heavy atom. The van der Waals surface area contributed by atoms with Gasteiger partial charge in [-0.05, 0) is 218 Å². The van der Waals surface area contributed by atoms with Gasteiger partial charge in [0.05, 0.1) is 31.5 Å². The molecule has 0 aromatic heterocycles. The monoisotopic (exact) mass is 1690 g/mol. The summed E-state index contributed by atoms with van der Waals surface area (Å²) < 4.78 is 500. The van der Waals surface area contributed by atoms with E-state index in [1.807, 2.05) is 0 Å². The third kappa shape index (κ3) is 16.8. The molecule has 45 heteroatoms. The smallest absolute Gasteiger partial charge is 0.429 e. The van der Waals surface area contributed by atoms with Crippen LogP contribution in [0.5, 0.6) is 0 Å². The van der Waals surface area contributed by atoms with Gasteiger partial charge in [-0.25, -0.2) is 44.4 Å². The average Bonchev–Trinajstić information content (AvgIpc) is 1.53. The van der Waals surface area contributed by atoms with Crippen LogP contribution in [-0.2, 0) is 67.4 Å². The summed E-state index contributed by atoms with van der Waals surface area (Å²) in [7, 11) is -18.2. The van der Waals surface area contributed by atoms with E-state index in [0.29, 0.717) is 0 Å². The molecule has 0 saturated heterocycles. The topological polar surface area (TPSA) is 245 Å². The molecular weight excluding hydrogens is 1610 g/mol. The van der Waals surface area contributed by atoms with Crippen molar-refractivity contribution >= 4 is 54.1 Å². The molecule has 18 atom stereocenters. The lowest BCUT2D eigenvalue weighted by Gasteiger charge is -2.46. The van der Waals surface area contributed by atoms with Gasteiger partial charge < -0.3 is 37.9 Å². The Labute approximate surface area is 609 Å². The predicted octanol–water partition coefficient (Wildman–Crippen LogP) is 17.7. The number of rotatable bonds is 18. The van der Waals surface area contributed by atoms with Crippen molar-refractivity contribution < 1.29 is 188 Å². The number of hydrogen-bond donors (Lipinski definition) is 0. The summed E-state index contributed by atoms with van der Waals surface area (Å²) in [6.45, 7) is 11.7. The van der Waals surface area contributed by atoms with Crippen LogP contribution >= 0.6 is 0 Å². The second kappa shape index (κ2) is 27.7. The molecule has 18 nitrogen and oxygen atoms in total. The normalized spacial score (nSPS) is 31.3. The SMILES string of the molecule is CC(C)(C)OC(=O)OC(CC1CC2CC1CC2S(=O)(=O)C1C2CC(CC2CC(OC(=O)OC(C)(C)C)(C(F)(F)F)C(F)(F)F)C1S(=O)(=O)C1C2CC(CC2CC(OC(=O)OC(C)(C)C)(C(F)(F)F)C(F)(F)F)C1S(=O)(=O)C1CC2CC(CC(OC(=O)OC(C)(C)C)(C(F)(F)F)C(F)(F)F)C1C2)(C(F)(F)F)C(F)(F)F. The Morgan fingerprint density at radius 1 is 0.257 bits per heavy atom. The van der Waals surface area contributed by atoms with E-state index in [4.69, 9.17) is 0 Å². The number of sulfone groups is 3. The summed E-state index contributed by atoms with van der Waals surface area (Å²) in [4.78, 5) is 51.6. The molecule has 0 aliphatic heterocycles. The van der Waals surface area contributed by atoms with E-state index in [2.05, 4.69) is 37.9 Å². The zero-order valence-electron chi connectivity index (χ0n) is 59.9. The van der Waals surface area contributed by atoms with Gasteiger partial charge in [0.1, 0.15) is 22.4 Å². The van der Waals surface area contributed by atoms with Crippen LogP contribution in [0, 0.1) is 71.0 Å². The summed E-state index contributed by atoms with van der Waals surface area (Å²) in [5.74, 6) is -25.6. The van der Waals surface area contributed by atoms with Crippen molar-refractivity contribution in [3.63, 3.8) is 0 Å². The molecule has 8 saturated carbocycles. The maximum atomic E-state index is 16.7. The minimum absolute atomic E-state index is 0.646. The van der Waals surface area contributed by atoms with Gasteiger partial charge in [-0.1, -0.05) is 0 Å². The molecule has 0 radical (unpaired) electrons. The first kappa shape index (κ1) is 89.8. The number of carbonyl (C=O) groups excluding carboxylic acids is 4. The highest BCUT2D eigenvalue weighted by molar-refractivity contribution is 7.98. The predicted molar refractivity (Wildman–Crippen MR) is 325 cm³/mol. The lowest BCUT2D eigenvalue weighted by molar-refractivity contribution is -0.374. The molecule has 0 aromatic rings. The fraction of sp³-hybridized carbons (Fsp3) is 0.938. The molecule has 109 heavy (non-hydrogen) atoms. The van der Waals surface area contributed by atoms with Crippen LogP contribution < -0.4 is 0 Å². The molecule has 0 amide bonds. The molecular formula is C64H82F24O18S3. The average molecular weight is 1690 g/mol. The van der Waals surface area contributed by atoms with Crippen molar-refractivity contribution in [2.75, 3.05) is 0 Å². The van der Waals surface area contributed by atoms with Crippen molar-refractivity contribution in [3.8, 4) is 0 Å². The van der Waals surface area contributed by atoms with Gasteiger partial charge in [-0.15, -0.1) is 0 Å². The van der Waals surface area contributed by atoms with Gasteiger partial charge in [-0.2, -0.15) is 105 Å². The summed E-state index contributed by atoms with van der Waals surface area (Å²) in [5, 5.41) is -16.9.